The number of ether oxygens (including phenoxy) is 1. The van der Waals surface area contributed by atoms with E-state index in [9.17, 15) is 9.59 Å². The van der Waals surface area contributed by atoms with Crippen molar-refractivity contribution in [2.24, 2.45) is 11.8 Å². The monoisotopic (exact) mass is 390 g/mol. The van der Waals surface area contributed by atoms with E-state index in [1.165, 1.54) is 0 Å². The first-order valence-electron chi connectivity index (χ1n) is 10.3. The molecule has 2 bridgehead atoms. The van der Waals surface area contributed by atoms with Gasteiger partial charge in [-0.3, -0.25) is 9.59 Å². The number of carbonyl (C=O) groups excluding carboxylic acids is 2. The van der Waals surface area contributed by atoms with Crippen molar-refractivity contribution < 1.29 is 18.8 Å². The molecular weight excluding hydrogens is 360 g/mol. The number of nitrogens with one attached hydrogen (secondary N) is 1. The summed E-state index contributed by atoms with van der Waals surface area (Å²) in [7, 11) is 1.73. The number of piperidine rings is 3. The molecule has 1 N–H and O–H groups in total. The van der Waals surface area contributed by atoms with Crippen molar-refractivity contribution in [2.75, 3.05) is 39.9 Å². The van der Waals surface area contributed by atoms with Gasteiger partial charge in [0.15, 0.2) is 5.69 Å². The molecule has 1 aromatic heterocycles. The molecule has 8 nitrogen and oxygen atoms in total. The van der Waals surface area contributed by atoms with Gasteiger partial charge >= 0.3 is 0 Å². The molecule has 0 aromatic carbocycles. The standard InChI is InChI=1S/C20H30N4O4/c1-13-8-16(22-28-13)20(26)21-10-18-15-9-14(11-23(12-15)6-7-27-2)17-4-3-5-19(25)24(17)18/h8,14-15,17-18H,3-7,9-12H2,1-2H3,(H,21,26)/t14-,15+,17+,18+/m1/s1. The van der Waals surface area contributed by atoms with Crippen LogP contribution in [0, 0.1) is 18.8 Å². The zero-order valence-electron chi connectivity index (χ0n) is 16.7. The van der Waals surface area contributed by atoms with Gasteiger partial charge in [0, 0.05) is 51.8 Å². The maximum Gasteiger partial charge on any atom is 0.273 e. The Morgan fingerprint density at radius 2 is 2.21 bits per heavy atom. The van der Waals surface area contributed by atoms with E-state index in [0.717, 1.165) is 45.5 Å². The van der Waals surface area contributed by atoms with Crippen molar-refractivity contribution in [3.63, 3.8) is 0 Å². The number of rotatable bonds is 6. The maximum atomic E-state index is 12.8. The Bertz CT molecular complexity index is 721. The van der Waals surface area contributed by atoms with Crippen LogP contribution in [-0.4, -0.2) is 78.8 Å². The lowest BCUT2D eigenvalue weighted by Crippen LogP contribution is -2.67. The van der Waals surface area contributed by atoms with Gasteiger partial charge in [-0.15, -0.1) is 0 Å². The Morgan fingerprint density at radius 1 is 1.39 bits per heavy atom. The molecule has 3 fully saturated rings. The topological polar surface area (TPSA) is 87.9 Å². The van der Waals surface area contributed by atoms with Crippen LogP contribution in [0.15, 0.2) is 10.6 Å². The zero-order valence-corrected chi connectivity index (χ0v) is 16.7. The summed E-state index contributed by atoms with van der Waals surface area (Å²) in [6.45, 7) is 5.84. The van der Waals surface area contributed by atoms with Gasteiger partial charge in [-0.05, 0) is 38.0 Å². The predicted molar refractivity (Wildman–Crippen MR) is 102 cm³/mol. The van der Waals surface area contributed by atoms with Gasteiger partial charge in [0.25, 0.3) is 5.91 Å². The fourth-order valence-corrected chi connectivity index (χ4v) is 5.30. The first-order valence-corrected chi connectivity index (χ1v) is 10.3. The molecule has 3 aliphatic rings. The van der Waals surface area contributed by atoms with Gasteiger partial charge in [-0.1, -0.05) is 5.16 Å². The molecule has 0 radical (unpaired) electrons. The van der Waals surface area contributed by atoms with Gasteiger partial charge in [-0.25, -0.2) is 0 Å². The molecular formula is C20H30N4O4. The fourth-order valence-electron chi connectivity index (χ4n) is 5.30. The first-order chi connectivity index (χ1) is 13.6. The van der Waals surface area contributed by atoms with E-state index in [1.54, 1.807) is 20.1 Å². The molecule has 0 spiro atoms. The molecule has 4 atom stereocenters. The molecule has 28 heavy (non-hydrogen) atoms. The Morgan fingerprint density at radius 3 is 2.96 bits per heavy atom. The Balaban J connectivity index is 1.49. The second-order valence-electron chi connectivity index (χ2n) is 8.37. The van der Waals surface area contributed by atoms with E-state index in [1.807, 2.05) is 0 Å². The minimum absolute atomic E-state index is 0.0383. The second kappa shape index (κ2) is 8.21. The van der Waals surface area contributed by atoms with Crippen LogP contribution < -0.4 is 5.32 Å². The first kappa shape index (κ1) is 19.4. The molecule has 4 rings (SSSR count). The lowest BCUT2D eigenvalue weighted by molar-refractivity contribution is -0.152. The third kappa shape index (κ3) is 3.80. The molecule has 0 saturated carbocycles. The Kier molecular flexibility index (Phi) is 5.68. The highest BCUT2D eigenvalue weighted by Gasteiger charge is 2.49. The number of amides is 2. The normalized spacial score (nSPS) is 30.2. The van der Waals surface area contributed by atoms with Crippen molar-refractivity contribution in [2.45, 2.75) is 44.7 Å². The van der Waals surface area contributed by atoms with Crippen molar-refractivity contribution in [1.82, 2.24) is 20.3 Å². The molecule has 3 saturated heterocycles. The summed E-state index contributed by atoms with van der Waals surface area (Å²) in [4.78, 5) is 29.8. The average molecular weight is 390 g/mol. The molecule has 154 valence electrons. The van der Waals surface area contributed by atoms with Crippen molar-refractivity contribution in [1.29, 1.82) is 0 Å². The number of fused-ring (bicyclic) bond motifs is 4. The summed E-state index contributed by atoms with van der Waals surface area (Å²) in [5, 5.41) is 6.79. The van der Waals surface area contributed by atoms with E-state index in [4.69, 9.17) is 9.26 Å². The van der Waals surface area contributed by atoms with Crippen LogP contribution in [-0.2, 0) is 9.53 Å². The van der Waals surface area contributed by atoms with E-state index in [-0.39, 0.29) is 23.6 Å². The zero-order chi connectivity index (χ0) is 19.7. The van der Waals surface area contributed by atoms with E-state index < -0.39 is 0 Å². The summed E-state index contributed by atoms with van der Waals surface area (Å²) in [6.07, 6.45) is 3.78. The number of methoxy groups -OCH3 is 1. The summed E-state index contributed by atoms with van der Waals surface area (Å²) < 4.78 is 10.3. The van der Waals surface area contributed by atoms with Crippen LogP contribution in [0.2, 0.25) is 0 Å². The third-order valence-electron chi connectivity index (χ3n) is 6.52. The van der Waals surface area contributed by atoms with E-state index in [0.29, 0.717) is 36.6 Å². The van der Waals surface area contributed by atoms with Crippen LogP contribution in [0.3, 0.4) is 0 Å². The van der Waals surface area contributed by atoms with Gasteiger partial charge in [0.1, 0.15) is 5.76 Å². The average Bonchev–Trinajstić information content (AvgIpc) is 3.13. The Labute approximate surface area is 165 Å². The van der Waals surface area contributed by atoms with E-state index >= 15 is 0 Å². The highest BCUT2D eigenvalue weighted by Crippen LogP contribution is 2.41. The molecule has 0 aliphatic carbocycles. The van der Waals surface area contributed by atoms with Crippen LogP contribution in [0.5, 0.6) is 0 Å². The van der Waals surface area contributed by atoms with Gasteiger partial charge in [-0.2, -0.15) is 0 Å². The second-order valence-corrected chi connectivity index (χ2v) is 8.37. The number of likely N-dealkylation sites (tertiary alicyclic amines) is 1. The number of hydrogen-bond acceptors (Lipinski definition) is 6. The predicted octanol–water partition coefficient (Wildman–Crippen LogP) is 1.06. The minimum atomic E-state index is -0.243. The van der Waals surface area contributed by atoms with Gasteiger partial charge in [0.2, 0.25) is 5.91 Å². The number of aromatic nitrogens is 1. The lowest BCUT2D eigenvalue weighted by Gasteiger charge is -2.56. The van der Waals surface area contributed by atoms with Crippen LogP contribution in [0.1, 0.15) is 41.9 Å². The molecule has 4 heterocycles. The van der Waals surface area contributed by atoms with Crippen LogP contribution >= 0.6 is 0 Å². The molecule has 8 heteroatoms. The summed E-state index contributed by atoms with van der Waals surface area (Å²) >= 11 is 0. The van der Waals surface area contributed by atoms with E-state index in [2.05, 4.69) is 20.3 Å². The Hall–Kier alpha value is -1.93. The smallest absolute Gasteiger partial charge is 0.273 e. The molecule has 3 aliphatic heterocycles. The largest absolute Gasteiger partial charge is 0.383 e. The highest BCUT2D eigenvalue weighted by molar-refractivity contribution is 5.92. The lowest BCUT2D eigenvalue weighted by atomic mass is 9.72. The number of aryl methyl sites for hydroxylation is 1. The third-order valence-corrected chi connectivity index (χ3v) is 6.52. The summed E-state index contributed by atoms with van der Waals surface area (Å²) in [5.74, 6) is 1.50. The van der Waals surface area contributed by atoms with Crippen molar-refractivity contribution >= 4 is 11.8 Å². The molecule has 2 amide bonds. The van der Waals surface area contributed by atoms with Gasteiger partial charge in [0.05, 0.1) is 12.6 Å². The number of carbonyl (C=O) groups is 2. The van der Waals surface area contributed by atoms with Gasteiger partial charge < -0.3 is 24.4 Å². The highest BCUT2D eigenvalue weighted by atomic mass is 16.5. The van der Waals surface area contributed by atoms with Crippen LogP contribution in [0.4, 0.5) is 0 Å². The SMILES string of the molecule is COCCN1C[C@H]2C[C@@H](C1)[C@H](CNC(=O)c1cc(C)on1)N1C(=O)CCC[C@@H]21. The summed E-state index contributed by atoms with van der Waals surface area (Å²) in [6, 6.07) is 1.96. The number of nitrogens with zero attached hydrogens (tertiary/aromatic N) is 3. The van der Waals surface area contributed by atoms with Crippen molar-refractivity contribution in [3.05, 3.63) is 17.5 Å². The number of hydrogen-bond donors (Lipinski definition) is 1. The molecule has 0 unspecified atom stereocenters. The molecule has 1 aromatic rings. The quantitative estimate of drug-likeness (QED) is 0.782. The van der Waals surface area contributed by atoms with Crippen LogP contribution in [0.25, 0.3) is 0 Å². The summed E-state index contributed by atoms with van der Waals surface area (Å²) in [5.41, 5.74) is 0.290. The minimum Gasteiger partial charge on any atom is -0.383 e. The fraction of sp³-hybridized carbons (Fsp3) is 0.750. The van der Waals surface area contributed by atoms with Crippen molar-refractivity contribution in [3.8, 4) is 0 Å². The maximum absolute atomic E-state index is 12.8.